The molecule has 26 heavy (non-hydrogen) atoms. The smallest absolute Gasteiger partial charge is 0.278 e. The van der Waals surface area contributed by atoms with Crippen molar-refractivity contribution < 1.29 is 14.0 Å². The van der Waals surface area contributed by atoms with Crippen LogP contribution >= 0.6 is 0 Å². The van der Waals surface area contributed by atoms with Gasteiger partial charge in [-0.3, -0.25) is 14.5 Å². The topological polar surface area (TPSA) is 49.4 Å². The Hall–Kier alpha value is -2.95. The van der Waals surface area contributed by atoms with Crippen LogP contribution in [0.2, 0.25) is 0 Å². The predicted molar refractivity (Wildman–Crippen MR) is 99.9 cm³/mol. The minimum Gasteiger partial charge on any atom is -0.350 e. The van der Waals surface area contributed by atoms with Crippen LogP contribution in [0.4, 0.5) is 10.1 Å². The lowest BCUT2D eigenvalue weighted by Gasteiger charge is -2.13. The number of imide groups is 1. The average Bonchev–Trinajstić information content (AvgIpc) is 2.84. The highest BCUT2D eigenvalue weighted by Gasteiger charge is 2.38. The molecule has 5 heteroatoms. The highest BCUT2D eigenvalue weighted by Crippen LogP contribution is 2.31. The average molecular weight is 352 g/mol. The fraction of sp³-hybridized carbons (Fsp3) is 0.238. The van der Waals surface area contributed by atoms with E-state index in [1.54, 1.807) is 12.1 Å². The molecule has 1 aliphatic heterocycles. The molecule has 0 aliphatic carbocycles. The molecule has 0 bridgehead atoms. The first-order chi connectivity index (χ1) is 12.4. The fourth-order valence-electron chi connectivity index (χ4n) is 2.96. The molecular weight excluding hydrogens is 331 g/mol. The predicted octanol–water partition coefficient (Wildman–Crippen LogP) is 4.04. The van der Waals surface area contributed by atoms with Gasteiger partial charge in [0.1, 0.15) is 11.5 Å². The molecule has 0 atom stereocenters. The van der Waals surface area contributed by atoms with E-state index in [1.165, 1.54) is 17.0 Å². The monoisotopic (exact) mass is 352 g/mol. The minimum absolute atomic E-state index is 0.235. The van der Waals surface area contributed by atoms with Crippen molar-refractivity contribution in [3.05, 3.63) is 70.7 Å². The largest absolute Gasteiger partial charge is 0.350 e. The highest BCUT2D eigenvalue weighted by molar-refractivity contribution is 6.36. The summed E-state index contributed by atoms with van der Waals surface area (Å²) < 4.78 is 13.2. The number of amides is 2. The van der Waals surface area contributed by atoms with Crippen LogP contribution in [0.15, 0.2) is 48.2 Å². The van der Waals surface area contributed by atoms with E-state index in [-0.39, 0.29) is 23.3 Å². The Morgan fingerprint density at radius 1 is 0.962 bits per heavy atom. The Labute approximate surface area is 152 Å². The van der Waals surface area contributed by atoms with Crippen LogP contribution in [-0.4, -0.2) is 23.3 Å². The summed E-state index contributed by atoms with van der Waals surface area (Å²) in [6, 6.07) is 11.4. The van der Waals surface area contributed by atoms with Crippen LogP contribution in [0.5, 0.6) is 0 Å². The maximum Gasteiger partial charge on any atom is 0.278 e. The number of rotatable bonds is 5. The lowest BCUT2D eigenvalue weighted by Crippen LogP contribution is -2.33. The summed E-state index contributed by atoms with van der Waals surface area (Å²) in [6.07, 6.45) is 0.682. The van der Waals surface area contributed by atoms with Crippen LogP contribution in [0.1, 0.15) is 30.0 Å². The van der Waals surface area contributed by atoms with E-state index in [0.29, 0.717) is 29.8 Å². The van der Waals surface area contributed by atoms with Gasteiger partial charge in [-0.1, -0.05) is 25.1 Å². The Morgan fingerprint density at radius 2 is 1.65 bits per heavy atom. The van der Waals surface area contributed by atoms with E-state index in [4.69, 9.17) is 0 Å². The number of benzene rings is 2. The van der Waals surface area contributed by atoms with Crippen LogP contribution < -0.4 is 5.32 Å². The molecule has 0 fully saturated rings. The van der Waals surface area contributed by atoms with Crippen molar-refractivity contribution >= 4 is 23.1 Å². The summed E-state index contributed by atoms with van der Waals surface area (Å²) in [5, 5.41) is 3.02. The lowest BCUT2D eigenvalue weighted by molar-refractivity contribution is -0.136. The Morgan fingerprint density at radius 3 is 2.27 bits per heavy atom. The van der Waals surface area contributed by atoms with Crippen molar-refractivity contribution in [2.75, 3.05) is 11.9 Å². The number of hydrogen-bond donors (Lipinski definition) is 1. The van der Waals surface area contributed by atoms with E-state index in [1.807, 2.05) is 39.0 Å². The molecule has 2 aromatic rings. The number of hydrogen-bond acceptors (Lipinski definition) is 3. The number of nitrogens with zero attached hydrogens (tertiary/aromatic N) is 1. The van der Waals surface area contributed by atoms with Gasteiger partial charge in [0.25, 0.3) is 11.8 Å². The van der Waals surface area contributed by atoms with Crippen molar-refractivity contribution in [1.82, 2.24) is 4.90 Å². The lowest BCUT2D eigenvalue weighted by atomic mass is 9.99. The van der Waals surface area contributed by atoms with Crippen molar-refractivity contribution in [3.63, 3.8) is 0 Å². The summed E-state index contributed by atoms with van der Waals surface area (Å²) in [5.74, 6) is -1.01. The van der Waals surface area contributed by atoms with Gasteiger partial charge in [0.15, 0.2) is 0 Å². The summed E-state index contributed by atoms with van der Waals surface area (Å²) in [6.45, 7) is 6.25. The second kappa shape index (κ2) is 7.12. The van der Waals surface area contributed by atoms with E-state index in [2.05, 4.69) is 5.32 Å². The molecule has 0 saturated heterocycles. The number of aryl methyl sites for hydroxylation is 2. The van der Waals surface area contributed by atoms with Gasteiger partial charge in [-0.25, -0.2) is 4.39 Å². The summed E-state index contributed by atoms with van der Waals surface area (Å²) in [4.78, 5) is 27.0. The maximum absolute atomic E-state index is 13.2. The van der Waals surface area contributed by atoms with Gasteiger partial charge in [-0.2, -0.15) is 0 Å². The zero-order valence-electron chi connectivity index (χ0n) is 15.1. The normalized spacial score (nSPS) is 14.4. The summed E-state index contributed by atoms with van der Waals surface area (Å²) in [7, 11) is 0. The number of carbonyl (C=O) groups is 2. The van der Waals surface area contributed by atoms with Crippen molar-refractivity contribution in [2.45, 2.75) is 27.2 Å². The number of carbonyl (C=O) groups excluding carboxylic acids is 2. The molecule has 3 rings (SSSR count). The fourth-order valence-corrected chi connectivity index (χ4v) is 2.96. The third kappa shape index (κ3) is 3.25. The molecule has 134 valence electrons. The van der Waals surface area contributed by atoms with Gasteiger partial charge in [-0.05, 0) is 61.2 Å². The minimum atomic E-state index is -0.361. The van der Waals surface area contributed by atoms with Crippen molar-refractivity contribution in [1.29, 1.82) is 0 Å². The van der Waals surface area contributed by atoms with Crippen LogP contribution in [-0.2, 0) is 9.59 Å². The Balaban J connectivity index is 2.08. The first-order valence-corrected chi connectivity index (χ1v) is 8.63. The van der Waals surface area contributed by atoms with Crippen LogP contribution in [0, 0.1) is 19.7 Å². The second-order valence-electron chi connectivity index (χ2n) is 6.44. The SMILES string of the molecule is CCCN1C(=O)C(Nc2ccc(F)cc2)=C(c2ccc(C)c(C)c2)C1=O. The van der Waals surface area contributed by atoms with Crippen LogP contribution in [0.3, 0.4) is 0 Å². The van der Waals surface area contributed by atoms with Crippen molar-refractivity contribution in [3.8, 4) is 0 Å². The molecule has 0 spiro atoms. The van der Waals surface area contributed by atoms with E-state index in [9.17, 15) is 14.0 Å². The van der Waals surface area contributed by atoms with Gasteiger partial charge in [0, 0.05) is 12.2 Å². The molecule has 0 unspecified atom stereocenters. The van der Waals surface area contributed by atoms with Gasteiger partial charge in [-0.15, -0.1) is 0 Å². The number of nitrogens with one attached hydrogen (secondary N) is 1. The molecular formula is C21H21FN2O2. The van der Waals surface area contributed by atoms with Crippen LogP contribution in [0.25, 0.3) is 5.57 Å². The quantitative estimate of drug-likeness (QED) is 0.826. The van der Waals surface area contributed by atoms with Gasteiger partial charge >= 0.3 is 0 Å². The molecule has 0 radical (unpaired) electrons. The Bertz CT molecular complexity index is 901. The molecule has 2 aromatic carbocycles. The zero-order chi connectivity index (χ0) is 18.8. The highest BCUT2D eigenvalue weighted by atomic mass is 19.1. The first kappa shape index (κ1) is 17.9. The van der Waals surface area contributed by atoms with Gasteiger partial charge in [0.05, 0.1) is 5.57 Å². The number of anilines is 1. The summed E-state index contributed by atoms with van der Waals surface area (Å²) >= 11 is 0. The molecule has 0 saturated carbocycles. The zero-order valence-corrected chi connectivity index (χ0v) is 15.1. The molecule has 1 heterocycles. The van der Waals surface area contributed by atoms with Gasteiger partial charge < -0.3 is 5.32 Å². The van der Waals surface area contributed by atoms with Gasteiger partial charge in [0.2, 0.25) is 0 Å². The Kier molecular flexibility index (Phi) is 4.89. The number of halogens is 1. The molecule has 1 N–H and O–H groups in total. The molecule has 1 aliphatic rings. The second-order valence-corrected chi connectivity index (χ2v) is 6.44. The molecule has 2 amide bonds. The standard InChI is InChI=1S/C21H21FN2O2/c1-4-11-24-20(25)18(15-6-5-13(2)14(3)12-15)19(21(24)26)23-17-9-7-16(22)8-10-17/h5-10,12,23H,4,11H2,1-3H3. The molecule has 0 aromatic heterocycles. The van der Waals surface area contributed by atoms with E-state index in [0.717, 1.165) is 11.1 Å². The van der Waals surface area contributed by atoms with Crippen molar-refractivity contribution in [2.24, 2.45) is 0 Å². The summed E-state index contributed by atoms with van der Waals surface area (Å²) in [5.41, 5.74) is 4.01. The van der Waals surface area contributed by atoms with E-state index >= 15 is 0 Å². The van der Waals surface area contributed by atoms with E-state index < -0.39 is 0 Å². The third-order valence-electron chi connectivity index (χ3n) is 4.52. The third-order valence-corrected chi connectivity index (χ3v) is 4.52. The maximum atomic E-state index is 13.2. The molecule has 4 nitrogen and oxygen atoms in total. The first-order valence-electron chi connectivity index (χ1n) is 8.63.